The van der Waals surface area contributed by atoms with Crippen LogP contribution in [0, 0.1) is 0 Å². The molecule has 186 valence electrons. The van der Waals surface area contributed by atoms with E-state index < -0.39 is 23.4 Å². The molecule has 0 spiro atoms. The summed E-state index contributed by atoms with van der Waals surface area (Å²) in [5, 5.41) is 1.62. The van der Waals surface area contributed by atoms with Crippen molar-refractivity contribution in [3.8, 4) is 11.4 Å². The predicted molar refractivity (Wildman–Crippen MR) is 146 cm³/mol. The smallest absolute Gasteiger partial charge is 0.419 e. The highest BCUT2D eigenvalue weighted by Crippen LogP contribution is 2.41. The molecule has 2 aromatic heterocycles. The second-order valence-electron chi connectivity index (χ2n) is 10.6. The lowest BCUT2D eigenvalue weighted by Crippen LogP contribution is -2.29. The molecule has 0 fully saturated rings. The number of para-hydroxylation sites is 2. The summed E-state index contributed by atoms with van der Waals surface area (Å²) < 4.78 is 14.7. The van der Waals surface area contributed by atoms with Gasteiger partial charge in [0.2, 0.25) is 0 Å². The Labute approximate surface area is 211 Å². The lowest BCUT2D eigenvalue weighted by molar-refractivity contribution is 0.0527. The van der Waals surface area contributed by atoms with Crippen molar-refractivity contribution in [3.05, 3.63) is 72.8 Å². The SMILES string of the molecule is C=Cc1c(-c2c(C=C)c3ccccc3n2C(=O)OC(C)(C)C)n(C(=O)OC(C)(C)C)c2ccccc12. The first-order valence-corrected chi connectivity index (χ1v) is 11.9. The molecule has 0 radical (unpaired) electrons. The van der Waals surface area contributed by atoms with Gasteiger partial charge in [-0.1, -0.05) is 61.7 Å². The summed E-state index contributed by atoms with van der Waals surface area (Å²) >= 11 is 0. The van der Waals surface area contributed by atoms with Crippen molar-refractivity contribution in [2.75, 3.05) is 0 Å². The van der Waals surface area contributed by atoms with Crippen molar-refractivity contribution in [2.24, 2.45) is 0 Å². The van der Waals surface area contributed by atoms with Crippen molar-refractivity contribution in [2.45, 2.75) is 52.7 Å². The van der Waals surface area contributed by atoms with E-state index in [0.29, 0.717) is 33.5 Å². The van der Waals surface area contributed by atoms with Crippen molar-refractivity contribution in [3.63, 3.8) is 0 Å². The Balaban J connectivity index is 2.20. The lowest BCUT2D eigenvalue weighted by atomic mass is 10.0. The quantitative estimate of drug-likeness (QED) is 0.295. The van der Waals surface area contributed by atoms with Crippen molar-refractivity contribution >= 4 is 46.1 Å². The van der Waals surface area contributed by atoms with Crippen molar-refractivity contribution in [1.29, 1.82) is 0 Å². The van der Waals surface area contributed by atoms with Crippen LogP contribution >= 0.6 is 0 Å². The largest absolute Gasteiger partial charge is 0.443 e. The summed E-state index contributed by atoms with van der Waals surface area (Å²) in [6.45, 7) is 19.0. The fourth-order valence-corrected chi connectivity index (χ4v) is 4.40. The van der Waals surface area contributed by atoms with Gasteiger partial charge in [-0.15, -0.1) is 0 Å². The fraction of sp³-hybridized carbons (Fsp3) is 0.267. The molecular weight excluding hydrogens is 452 g/mol. The summed E-state index contributed by atoms with van der Waals surface area (Å²) in [5.41, 5.74) is 2.20. The number of aromatic nitrogens is 2. The highest BCUT2D eigenvalue weighted by atomic mass is 16.6. The molecule has 0 aliphatic heterocycles. The summed E-state index contributed by atoms with van der Waals surface area (Å²) in [4.78, 5) is 27.4. The lowest BCUT2D eigenvalue weighted by Gasteiger charge is -2.23. The molecule has 6 heteroatoms. The van der Waals surface area contributed by atoms with E-state index in [2.05, 4.69) is 13.2 Å². The third-order valence-corrected chi connectivity index (χ3v) is 5.61. The predicted octanol–water partition coefficient (Wildman–Crippen LogP) is 8.12. The van der Waals surface area contributed by atoms with Gasteiger partial charge in [0, 0.05) is 21.9 Å². The van der Waals surface area contributed by atoms with Gasteiger partial charge in [0.05, 0.1) is 22.4 Å². The minimum Gasteiger partial charge on any atom is -0.443 e. The average molecular weight is 485 g/mol. The van der Waals surface area contributed by atoms with Gasteiger partial charge in [-0.3, -0.25) is 0 Å². The normalized spacial score (nSPS) is 12.1. The van der Waals surface area contributed by atoms with E-state index in [-0.39, 0.29) is 0 Å². The molecule has 4 aromatic rings. The number of fused-ring (bicyclic) bond motifs is 2. The Morgan fingerprint density at radius 3 is 1.31 bits per heavy atom. The minimum atomic E-state index is -0.729. The fourth-order valence-electron chi connectivity index (χ4n) is 4.40. The highest BCUT2D eigenvalue weighted by molar-refractivity contribution is 6.09. The zero-order valence-electron chi connectivity index (χ0n) is 21.7. The monoisotopic (exact) mass is 484 g/mol. The Morgan fingerprint density at radius 2 is 1.00 bits per heavy atom. The van der Waals surface area contributed by atoms with E-state index in [1.54, 1.807) is 12.2 Å². The maximum Gasteiger partial charge on any atom is 0.419 e. The molecule has 2 aromatic carbocycles. The Morgan fingerprint density at radius 1 is 0.667 bits per heavy atom. The molecule has 0 saturated carbocycles. The minimum absolute atomic E-state index is 0.484. The van der Waals surface area contributed by atoms with Crippen LogP contribution in [0.2, 0.25) is 0 Å². The van der Waals surface area contributed by atoms with E-state index in [1.165, 1.54) is 9.13 Å². The molecule has 0 saturated heterocycles. The van der Waals surface area contributed by atoms with Gasteiger partial charge in [-0.25, -0.2) is 18.7 Å². The van der Waals surface area contributed by atoms with Crippen LogP contribution in [0.1, 0.15) is 52.7 Å². The first kappa shape index (κ1) is 25.0. The van der Waals surface area contributed by atoms with Gasteiger partial charge in [0.1, 0.15) is 11.2 Å². The number of carbonyl (C=O) groups excluding carboxylic acids is 2. The van der Waals surface area contributed by atoms with Gasteiger partial charge in [-0.05, 0) is 53.7 Å². The van der Waals surface area contributed by atoms with E-state index in [9.17, 15) is 9.59 Å². The molecule has 4 rings (SSSR count). The molecule has 0 N–H and O–H groups in total. The highest BCUT2D eigenvalue weighted by Gasteiger charge is 2.32. The van der Waals surface area contributed by atoms with E-state index in [0.717, 1.165) is 10.8 Å². The second-order valence-corrected chi connectivity index (χ2v) is 10.6. The molecule has 36 heavy (non-hydrogen) atoms. The zero-order valence-corrected chi connectivity index (χ0v) is 21.7. The molecule has 2 heterocycles. The average Bonchev–Trinajstić information content (AvgIpc) is 3.28. The van der Waals surface area contributed by atoms with Crippen LogP contribution in [-0.2, 0) is 9.47 Å². The molecule has 6 nitrogen and oxygen atoms in total. The second kappa shape index (κ2) is 8.86. The molecule has 0 unspecified atom stereocenters. The number of hydrogen-bond acceptors (Lipinski definition) is 4. The number of hydrogen-bond donors (Lipinski definition) is 0. The molecule has 0 atom stereocenters. The van der Waals surface area contributed by atoms with E-state index >= 15 is 0 Å². The molecule has 0 aliphatic rings. The van der Waals surface area contributed by atoms with Crippen LogP contribution in [0.3, 0.4) is 0 Å². The molecule has 0 aliphatic carbocycles. The molecule has 0 bridgehead atoms. The van der Waals surface area contributed by atoms with Crippen LogP contribution in [0.5, 0.6) is 0 Å². The van der Waals surface area contributed by atoms with Gasteiger partial charge in [0.25, 0.3) is 0 Å². The first-order chi connectivity index (χ1) is 16.9. The van der Waals surface area contributed by atoms with E-state index in [4.69, 9.17) is 9.47 Å². The van der Waals surface area contributed by atoms with Crippen LogP contribution in [-0.4, -0.2) is 32.5 Å². The summed E-state index contributed by atoms with van der Waals surface area (Å²) in [7, 11) is 0. The molecular formula is C30H32N2O4. The van der Waals surface area contributed by atoms with Crippen LogP contribution < -0.4 is 0 Å². The maximum atomic E-state index is 13.7. The van der Waals surface area contributed by atoms with Crippen LogP contribution in [0.25, 0.3) is 45.3 Å². The topological polar surface area (TPSA) is 62.5 Å². The Kier molecular flexibility index (Phi) is 6.17. The van der Waals surface area contributed by atoms with Crippen LogP contribution in [0.15, 0.2) is 61.7 Å². The maximum absolute atomic E-state index is 13.7. The third-order valence-electron chi connectivity index (χ3n) is 5.61. The van der Waals surface area contributed by atoms with Crippen molar-refractivity contribution in [1.82, 2.24) is 9.13 Å². The number of rotatable bonds is 3. The van der Waals surface area contributed by atoms with E-state index in [1.807, 2.05) is 90.1 Å². The molecule has 0 amide bonds. The van der Waals surface area contributed by atoms with Gasteiger partial charge >= 0.3 is 12.2 Å². The first-order valence-electron chi connectivity index (χ1n) is 11.9. The number of ether oxygens (including phenoxy) is 2. The summed E-state index contributed by atoms with van der Waals surface area (Å²) in [5.74, 6) is 0. The summed E-state index contributed by atoms with van der Waals surface area (Å²) in [6.07, 6.45) is 2.28. The zero-order chi connectivity index (χ0) is 26.4. The number of nitrogens with zero attached hydrogens (tertiary/aromatic N) is 2. The standard InChI is InChI=1S/C30H32N2O4/c1-9-19-21-15-11-13-17-23(21)31(27(33)35-29(3,4)5)25(19)26-20(10-2)22-16-12-14-18-24(22)32(26)28(34)36-30(6,7)8/h9-18H,1-2H2,3-8H3. The number of carbonyl (C=O) groups is 2. The Bertz CT molecular complexity index is 1400. The number of benzene rings is 2. The van der Waals surface area contributed by atoms with Gasteiger partial charge < -0.3 is 9.47 Å². The van der Waals surface area contributed by atoms with Gasteiger partial charge in [0.15, 0.2) is 0 Å². The van der Waals surface area contributed by atoms with Crippen molar-refractivity contribution < 1.29 is 19.1 Å². The Hall–Kier alpha value is -4.06. The van der Waals surface area contributed by atoms with Gasteiger partial charge in [-0.2, -0.15) is 0 Å². The van der Waals surface area contributed by atoms with Crippen LogP contribution in [0.4, 0.5) is 9.59 Å². The third kappa shape index (κ3) is 4.35. The summed E-state index contributed by atoms with van der Waals surface area (Å²) in [6, 6.07) is 15.1.